The van der Waals surface area contributed by atoms with Gasteiger partial charge in [-0.05, 0) is 88.8 Å². The molecule has 0 spiro atoms. The lowest BCUT2D eigenvalue weighted by atomic mass is 9.82. The molecule has 0 fully saturated rings. The second-order valence-corrected chi connectivity index (χ2v) is 13.4. The molecule has 6 aromatic carbocycles. The number of hydrogen-bond donors (Lipinski definition) is 0. The summed E-state index contributed by atoms with van der Waals surface area (Å²) >= 11 is 0. The Balaban J connectivity index is 1.31. The van der Waals surface area contributed by atoms with Crippen LogP contribution in [-0.4, -0.2) is 9.13 Å². The molecule has 2 nitrogen and oxygen atoms in total. The zero-order valence-corrected chi connectivity index (χ0v) is 27.5. The average Bonchev–Trinajstić information content (AvgIpc) is 3.71. The first kappa shape index (κ1) is 28.4. The van der Waals surface area contributed by atoms with Crippen LogP contribution >= 0.6 is 0 Å². The van der Waals surface area contributed by atoms with Crippen LogP contribution in [0.4, 0.5) is 0 Å². The van der Waals surface area contributed by atoms with Crippen molar-refractivity contribution in [1.82, 2.24) is 9.13 Å². The summed E-state index contributed by atoms with van der Waals surface area (Å²) in [5, 5.41) is 5.09. The van der Waals surface area contributed by atoms with Crippen molar-refractivity contribution in [2.45, 2.75) is 26.2 Å². The van der Waals surface area contributed by atoms with E-state index < -0.39 is 0 Å². The van der Waals surface area contributed by atoms with E-state index in [2.05, 4.69) is 163 Å². The Morgan fingerprint density at radius 2 is 1.17 bits per heavy atom. The highest BCUT2D eigenvalue weighted by atomic mass is 15.0. The van der Waals surface area contributed by atoms with Crippen molar-refractivity contribution < 1.29 is 0 Å². The number of para-hydroxylation sites is 2. The first-order valence-corrected chi connectivity index (χ1v) is 16.8. The van der Waals surface area contributed by atoms with Crippen LogP contribution in [0.15, 0.2) is 158 Å². The molecule has 1 aliphatic rings. The van der Waals surface area contributed by atoms with Crippen molar-refractivity contribution in [1.29, 1.82) is 0 Å². The maximum atomic E-state index is 4.36. The van der Waals surface area contributed by atoms with Gasteiger partial charge in [-0.15, -0.1) is 0 Å². The molecule has 2 heterocycles. The lowest BCUT2D eigenvalue weighted by molar-refractivity contribution is 0.660. The highest BCUT2D eigenvalue weighted by Gasteiger charge is 2.35. The molecule has 0 saturated heterocycles. The Hall–Kier alpha value is -5.86. The summed E-state index contributed by atoms with van der Waals surface area (Å²) in [6.07, 6.45) is 8.18. The minimum absolute atomic E-state index is 0.0658. The van der Waals surface area contributed by atoms with Crippen molar-refractivity contribution >= 4 is 49.2 Å². The van der Waals surface area contributed by atoms with Crippen molar-refractivity contribution in [3.8, 4) is 22.5 Å². The number of aromatic nitrogens is 2. The molecule has 8 aromatic rings. The summed E-state index contributed by atoms with van der Waals surface area (Å²) in [5.41, 5.74) is 14.7. The zero-order valence-electron chi connectivity index (χ0n) is 27.5. The molecule has 0 N–H and O–H groups in total. The molecule has 48 heavy (non-hydrogen) atoms. The monoisotopic (exact) mass is 616 g/mol. The highest BCUT2D eigenvalue weighted by molar-refractivity contribution is 6.28. The summed E-state index contributed by atoms with van der Waals surface area (Å²) in [7, 11) is 0. The molecular weight excluding hydrogens is 581 g/mol. The van der Waals surface area contributed by atoms with E-state index in [4.69, 9.17) is 0 Å². The van der Waals surface area contributed by atoms with Gasteiger partial charge in [0.25, 0.3) is 0 Å². The summed E-state index contributed by atoms with van der Waals surface area (Å²) in [4.78, 5) is 0. The standard InChI is InChI=1S/C46H36N2/c1-5-6-7-15-30(2)31-16-14-17-32(28-31)47-40-22-12-9-19-36(40)44-42(47)26-27-43-45(44)37-20-10-13-23-41(37)48(43)33-24-25-35-34-18-8-11-21-38(34)46(3,4)39(35)29-33/h5-29H,2H2,1,3-4H3/b6-5-,15-7-. The predicted molar refractivity (Wildman–Crippen MR) is 206 cm³/mol. The molecule has 9 rings (SSSR count). The topological polar surface area (TPSA) is 9.86 Å². The summed E-state index contributed by atoms with van der Waals surface area (Å²) in [6.45, 7) is 11.1. The van der Waals surface area contributed by atoms with E-state index in [0.717, 1.165) is 16.8 Å². The Morgan fingerprint density at radius 1 is 0.562 bits per heavy atom. The van der Waals surface area contributed by atoms with Gasteiger partial charge in [-0.3, -0.25) is 0 Å². The third kappa shape index (κ3) is 3.99. The van der Waals surface area contributed by atoms with Gasteiger partial charge < -0.3 is 9.13 Å². The molecule has 0 atom stereocenters. The van der Waals surface area contributed by atoms with Crippen LogP contribution in [0.25, 0.3) is 71.7 Å². The second kappa shape index (κ2) is 10.6. The molecular formula is C46H36N2. The van der Waals surface area contributed by atoms with Crippen molar-refractivity contribution in [2.24, 2.45) is 0 Å². The molecule has 2 heteroatoms. The fraction of sp³-hybridized carbons (Fsp3) is 0.0870. The van der Waals surface area contributed by atoms with E-state index >= 15 is 0 Å². The molecule has 230 valence electrons. The van der Waals surface area contributed by atoms with Gasteiger partial charge >= 0.3 is 0 Å². The van der Waals surface area contributed by atoms with Crippen LogP contribution in [0.5, 0.6) is 0 Å². The first-order chi connectivity index (χ1) is 23.5. The Morgan fingerprint density at radius 3 is 1.85 bits per heavy atom. The lowest BCUT2D eigenvalue weighted by Crippen LogP contribution is -2.15. The Kier molecular flexibility index (Phi) is 6.26. The average molecular weight is 617 g/mol. The fourth-order valence-electron chi connectivity index (χ4n) is 8.13. The molecule has 0 radical (unpaired) electrons. The fourth-order valence-corrected chi connectivity index (χ4v) is 8.13. The van der Waals surface area contributed by atoms with Crippen molar-refractivity contribution in [3.63, 3.8) is 0 Å². The molecule has 0 unspecified atom stereocenters. The number of rotatable bonds is 5. The minimum atomic E-state index is -0.0658. The number of nitrogens with zero attached hydrogens (tertiary/aromatic N) is 2. The summed E-state index contributed by atoms with van der Waals surface area (Å²) < 4.78 is 4.88. The number of benzene rings is 6. The van der Waals surface area contributed by atoms with E-state index in [1.165, 1.54) is 71.6 Å². The van der Waals surface area contributed by atoms with Crippen molar-refractivity contribution in [2.75, 3.05) is 0 Å². The predicted octanol–water partition coefficient (Wildman–Crippen LogP) is 12.3. The van der Waals surface area contributed by atoms with Gasteiger partial charge in [-0.25, -0.2) is 0 Å². The Labute approximate surface area is 281 Å². The summed E-state index contributed by atoms with van der Waals surface area (Å²) in [5.74, 6) is 0. The maximum Gasteiger partial charge on any atom is 0.0548 e. The summed E-state index contributed by atoms with van der Waals surface area (Å²) in [6, 6.07) is 47.0. The highest BCUT2D eigenvalue weighted by Crippen LogP contribution is 2.50. The molecule has 1 aliphatic carbocycles. The third-order valence-electron chi connectivity index (χ3n) is 10.4. The largest absolute Gasteiger partial charge is 0.309 e. The lowest BCUT2D eigenvalue weighted by Gasteiger charge is -2.22. The van der Waals surface area contributed by atoms with Gasteiger partial charge in [0, 0.05) is 38.3 Å². The molecule has 0 saturated carbocycles. The van der Waals surface area contributed by atoms with E-state index in [1.807, 2.05) is 25.2 Å². The van der Waals surface area contributed by atoms with Crippen LogP contribution in [0.1, 0.15) is 37.5 Å². The SMILES string of the molecule is C=C(/C=C\C=C/C)c1cccc(-n2c3ccccc3c3c4c5ccccc5n(-c5ccc6c(c5)C(C)(C)c5ccccc5-6)c4ccc32)c1. The van der Waals surface area contributed by atoms with Crippen LogP contribution < -0.4 is 0 Å². The molecule has 0 bridgehead atoms. The van der Waals surface area contributed by atoms with E-state index in [-0.39, 0.29) is 5.41 Å². The van der Waals surface area contributed by atoms with E-state index in [1.54, 1.807) is 0 Å². The van der Waals surface area contributed by atoms with Gasteiger partial charge in [-0.2, -0.15) is 0 Å². The van der Waals surface area contributed by atoms with Crippen LogP contribution in [0.2, 0.25) is 0 Å². The molecule has 0 amide bonds. The second-order valence-electron chi connectivity index (χ2n) is 13.4. The third-order valence-corrected chi connectivity index (χ3v) is 10.4. The van der Waals surface area contributed by atoms with Crippen molar-refractivity contribution in [3.05, 3.63) is 175 Å². The number of allylic oxidation sites excluding steroid dienone is 5. The number of hydrogen-bond acceptors (Lipinski definition) is 0. The minimum Gasteiger partial charge on any atom is -0.309 e. The normalized spacial score (nSPS) is 13.8. The van der Waals surface area contributed by atoms with Gasteiger partial charge in [0.05, 0.1) is 22.1 Å². The van der Waals surface area contributed by atoms with E-state index in [9.17, 15) is 0 Å². The molecule has 0 aliphatic heterocycles. The van der Waals surface area contributed by atoms with Gasteiger partial charge in [-0.1, -0.05) is 124 Å². The van der Waals surface area contributed by atoms with Crippen LogP contribution in [0, 0.1) is 0 Å². The number of fused-ring (bicyclic) bond motifs is 10. The first-order valence-electron chi connectivity index (χ1n) is 16.8. The van der Waals surface area contributed by atoms with Crippen LogP contribution in [0.3, 0.4) is 0 Å². The smallest absolute Gasteiger partial charge is 0.0548 e. The van der Waals surface area contributed by atoms with Crippen LogP contribution in [-0.2, 0) is 5.41 Å². The van der Waals surface area contributed by atoms with Gasteiger partial charge in [0.15, 0.2) is 0 Å². The zero-order chi connectivity index (χ0) is 32.6. The van der Waals surface area contributed by atoms with Gasteiger partial charge in [0.1, 0.15) is 0 Å². The quantitative estimate of drug-likeness (QED) is 0.170. The molecule has 2 aromatic heterocycles. The maximum absolute atomic E-state index is 4.36. The Bertz CT molecular complexity index is 2670. The van der Waals surface area contributed by atoms with Gasteiger partial charge in [0.2, 0.25) is 0 Å². The van der Waals surface area contributed by atoms with E-state index in [0.29, 0.717) is 0 Å².